The zero-order valence-electron chi connectivity index (χ0n) is 16.1. The van der Waals surface area contributed by atoms with Gasteiger partial charge in [-0.3, -0.25) is 0 Å². The molecule has 1 aliphatic rings. The fourth-order valence-electron chi connectivity index (χ4n) is 3.57. The zero-order valence-corrected chi connectivity index (χ0v) is 16.9. The third-order valence-corrected chi connectivity index (χ3v) is 6.26. The molecule has 5 rings (SSSR count). The molecular formula is C22H21N5OS. The summed E-state index contributed by atoms with van der Waals surface area (Å²) in [6.45, 7) is 3.88. The maximum absolute atomic E-state index is 12.6. The number of hydrogen-bond acceptors (Lipinski definition) is 4. The molecule has 29 heavy (non-hydrogen) atoms. The van der Waals surface area contributed by atoms with Gasteiger partial charge in [0.05, 0.1) is 12.2 Å². The number of aryl methyl sites for hydroxylation is 1. The van der Waals surface area contributed by atoms with Crippen LogP contribution in [0.2, 0.25) is 0 Å². The van der Waals surface area contributed by atoms with Crippen molar-refractivity contribution in [3.8, 4) is 11.4 Å². The quantitative estimate of drug-likeness (QED) is 0.562. The summed E-state index contributed by atoms with van der Waals surface area (Å²) in [6.07, 6.45) is 0.783. The molecule has 0 radical (unpaired) electrons. The normalized spacial score (nSPS) is 13.5. The number of thiazole rings is 1. The van der Waals surface area contributed by atoms with Gasteiger partial charge in [0.2, 0.25) is 4.96 Å². The summed E-state index contributed by atoms with van der Waals surface area (Å²) in [4.78, 5) is 21.2. The number of fused-ring (bicyclic) bond motifs is 3. The Kier molecular flexibility index (Phi) is 4.52. The number of urea groups is 1. The Bertz CT molecular complexity index is 1160. The number of carbonyl (C=O) groups is 1. The van der Waals surface area contributed by atoms with Gasteiger partial charge >= 0.3 is 6.03 Å². The van der Waals surface area contributed by atoms with Crippen LogP contribution < -0.4 is 5.32 Å². The highest BCUT2D eigenvalue weighted by molar-refractivity contribution is 7.17. The van der Waals surface area contributed by atoms with Crippen molar-refractivity contribution < 1.29 is 4.79 Å². The van der Waals surface area contributed by atoms with E-state index in [4.69, 9.17) is 10.1 Å². The first-order valence-corrected chi connectivity index (χ1v) is 10.5. The molecule has 0 aliphatic carbocycles. The number of nitrogens with one attached hydrogen (secondary N) is 1. The van der Waals surface area contributed by atoms with E-state index in [0.717, 1.165) is 33.2 Å². The second-order valence-electron chi connectivity index (χ2n) is 7.28. The van der Waals surface area contributed by atoms with E-state index in [0.29, 0.717) is 19.6 Å². The largest absolute Gasteiger partial charge is 0.334 e. The van der Waals surface area contributed by atoms with Gasteiger partial charge in [-0.05, 0) is 12.5 Å². The van der Waals surface area contributed by atoms with E-state index < -0.39 is 0 Å². The fraction of sp³-hybridized carbons (Fsp3) is 0.227. The molecule has 3 heterocycles. The van der Waals surface area contributed by atoms with Gasteiger partial charge in [0.25, 0.3) is 0 Å². The van der Waals surface area contributed by atoms with Gasteiger partial charge in [-0.1, -0.05) is 71.5 Å². The molecule has 0 saturated carbocycles. The van der Waals surface area contributed by atoms with Gasteiger partial charge < -0.3 is 10.2 Å². The molecular weight excluding hydrogens is 382 g/mol. The molecule has 0 fully saturated rings. The first kappa shape index (κ1) is 17.9. The van der Waals surface area contributed by atoms with E-state index in [9.17, 15) is 4.79 Å². The van der Waals surface area contributed by atoms with Crippen molar-refractivity contribution >= 4 is 22.3 Å². The van der Waals surface area contributed by atoms with E-state index in [-0.39, 0.29) is 6.03 Å². The number of hydrogen-bond donors (Lipinski definition) is 1. The average Bonchev–Trinajstić information content (AvgIpc) is 3.31. The van der Waals surface area contributed by atoms with Crippen molar-refractivity contribution in [3.63, 3.8) is 0 Å². The van der Waals surface area contributed by atoms with Crippen LogP contribution in [0, 0.1) is 6.92 Å². The van der Waals surface area contributed by atoms with Crippen molar-refractivity contribution in [2.75, 3.05) is 6.54 Å². The summed E-state index contributed by atoms with van der Waals surface area (Å²) < 4.78 is 1.95. The minimum Gasteiger partial charge on any atom is -0.334 e. The van der Waals surface area contributed by atoms with Gasteiger partial charge in [0, 0.05) is 30.0 Å². The summed E-state index contributed by atoms with van der Waals surface area (Å²) in [5.41, 5.74) is 4.51. The number of aromatic nitrogens is 3. The molecule has 0 spiro atoms. The molecule has 2 aromatic heterocycles. The summed E-state index contributed by atoms with van der Waals surface area (Å²) >= 11 is 1.62. The van der Waals surface area contributed by atoms with Crippen molar-refractivity contribution in [2.45, 2.75) is 26.4 Å². The number of nitrogens with zero attached hydrogens (tertiary/aromatic N) is 4. The molecule has 7 heteroatoms. The molecule has 2 amide bonds. The number of carbonyl (C=O) groups excluding carboxylic acids is 1. The Morgan fingerprint density at radius 2 is 1.93 bits per heavy atom. The van der Waals surface area contributed by atoms with E-state index in [1.165, 1.54) is 11.3 Å². The minimum absolute atomic E-state index is 0.0276. The second kappa shape index (κ2) is 7.33. The lowest BCUT2D eigenvalue weighted by molar-refractivity contribution is 0.192. The van der Waals surface area contributed by atoms with Gasteiger partial charge in [-0.15, -0.1) is 5.10 Å². The summed E-state index contributed by atoms with van der Waals surface area (Å²) in [5.74, 6) is 0.748. The fourth-order valence-corrected chi connectivity index (χ4v) is 4.68. The Morgan fingerprint density at radius 1 is 1.14 bits per heavy atom. The van der Waals surface area contributed by atoms with E-state index >= 15 is 0 Å². The maximum Gasteiger partial charge on any atom is 0.318 e. The van der Waals surface area contributed by atoms with Crippen LogP contribution in [-0.4, -0.2) is 32.1 Å². The topological polar surface area (TPSA) is 62.5 Å². The van der Waals surface area contributed by atoms with Crippen molar-refractivity contribution in [2.24, 2.45) is 0 Å². The Labute approximate surface area is 172 Å². The Balaban J connectivity index is 1.29. The smallest absolute Gasteiger partial charge is 0.318 e. The van der Waals surface area contributed by atoms with Crippen LogP contribution in [0.1, 0.15) is 21.7 Å². The number of amides is 2. The van der Waals surface area contributed by atoms with Crippen LogP contribution in [-0.2, 0) is 19.5 Å². The lowest BCUT2D eigenvalue weighted by Crippen LogP contribution is -2.42. The Hall–Kier alpha value is -3.19. The number of benzene rings is 2. The van der Waals surface area contributed by atoms with Gasteiger partial charge in [-0.2, -0.15) is 4.98 Å². The summed E-state index contributed by atoms with van der Waals surface area (Å²) in [5, 5.41) is 7.74. The molecule has 4 aromatic rings. The minimum atomic E-state index is -0.0276. The van der Waals surface area contributed by atoms with Gasteiger partial charge in [-0.25, -0.2) is 9.31 Å². The van der Waals surface area contributed by atoms with Crippen molar-refractivity contribution in [1.82, 2.24) is 24.8 Å². The SMILES string of the molecule is Cc1ccc(CNC(=O)N2CCc3c(sc4nc(-c5ccccc5)nn34)C2)cc1. The molecule has 0 atom stereocenters. The highest BCUT2D eigenvalue weighted by Crippen LogP contribution is 2.29. The summed E-state index contributed by atoms with van der Waals surface area (Å²) in [7, 11) is 0. The highest BCUT2D eigenvalue weighted by Gasteiger charge is 2.26. The molecule has 1 aliphatic heterocycles. The molecule has 2 aromatic carbocycles. The predicted octanol–water partition coefficient (Wildman–Crippen LogP) is 4.03. The third kappa shape index (κ3) is 3.49. The van der Waals surface area contributed by atoms with Gasteiger partial charge in [0.15, 0.2) is 5.82 Å². The van der Waals surface area contributed by atoms with E-state index in [2.05, 4.69) is 24.4 Å². The first-order valence-electron chi connectivity index (χ1n) is 9.68. The van der Waals surface area contributed by atoms with Crippen molar-refractivity contribution in [1.29, 1.82) is 0 Å². The summed E-state index contributed by atoms with van der Waals surface area (Å²) in [6, 6.07) is 18.2. The van der Waals surface area contributed by atoms with Crippen LogP contribution in [0.15, 0.2) is 54.6 Å². The van der Waals surface area contributed by atoms with Crippen LogP contribution in [0.5, 0.6) is 0 Å². The molecule has 0 unspecified atom stereocenters. The molecule has 0 saturated heterocycles. The first-order chi connectivity index (χ1) is 14.2. The van der Waals surface area contributed by atoms with Crippen molar-refractivity contribution in [3.05, 3.63) is 76.3 Å². The van der Waals surface area contributed by atoms with Crippen LogP contribution in [0.25, 0.3) is 16.3 Å². The van der Waals surface area contributed by atoms with E-state index in [1.54, 1.807) is 11.3 Å². The predicted molar refractivity (Wildman–Crippen MR) is 114 cm³/mol. The standard InChI is InChI=1S/C22H21N5OS/c1-15-7-9-16(10-8-15)13-23-21(28)26-12-11-18-19(14-26)29-22-24-20(25-27(18)22)17-5-3-2-4-6-17/h2-10H,11-14H2,1H3,(H,23,28). The zero-order chi connectivity index (χ0) is 19.8. The molecule has 1 N–H and O–H groups in total. The van der Waals surface area contributed by atoms with Crippen LogP contribution in [0.4, 0.5) is 4.79 Å². The Morgan fingerprint density at radius 3 is 2.72 bits per heavy atom. The third-order valence-electron chi connectivity index (χ3n) is 5.21. The lowest BCUT2D eigenvalue weighted by Gasteiger charge is -2.26. The van der Waals surface area contributed by atoms with Crippen LogP contribution in [0.3, 0.4) is 0 Å². The molecule has 0 bridgehead atoms. The average molecular weight is 404 g/mol. The molecule has 6 nitrogen and oxygen atoms in total. The molecule has 146 valence electrons. The lowest BCUT2D eigenvalue weighted by atomic mass is 10.1. The second-order valence-corrected chi connectivity index (χ2v) is 8.35. The highest BCUT2D eigenvalue weighted by atomic mass is 32.1. The number of rotatable bonds is 3. The monoisotopic (exact) mass is 403 g/mol. The van der Waals surface area contributed by atoms with E-state index in [1.807, 2.05) is 51.9 Å². The van der Waals surface area contributed by atoms with Gasteiger partial charge in [0.1, 0.15) is 0 Å². The van der Waals surface area contributed by atoms with Crippen LogP contribution >= 0.6 is 11.3 Å². The maximum atomic E-state index is 12.6.